The number of alkyl halides is 3. The predicted molar refractivity (Wildman–Crippen MR) is 41.5 cm³/mol. The molecule has 1 saturated heterocycles. The van der Waals surface area contributed by atoms with Gasteiger partial charge in [-0.25, -0.2) is 4.79 Å². The van der Waals surface area contributed by atoms with Crippen LogP contribution in [0.25, 0.3) is 0 Å². The summed E-state index contributed by atoms with van der Waals surface area (Å²) >= 11 is 0. The number of hydrogen-bond donors (Lipinski definition) is 1. The van der Waals surface area contributed by atoms with Gasteiger partial charge in [0.05, 0.1) is 12.7 Å². The van der Waals surface area contributed by atoms with E-state index in [1.54, 1.807) is 0 Å². The first-order valence-electron chi connectivity index (χ1n) is 4.08. The molecule has 0 aromatic carbocycles. The molecule has 0 spiro atoms. The lowest BCUT2D eigenvalue weighted by atomic mass is 10.1. The van der Waals surface area contributed by atoms with Crippen molar-refractivity contribution in [2.24, 2.45) is 5.73 Å². The lowest BCUT2D eigenvalue weighted by molar-refractivity contribution is -0.219. The van der Waals surface area contributed by atoms with Crippen molar-refractivity contribution in [3.8, 4) is 0 Å². The predicted octanol–water partition coefficient (Wildman–Crippen LogP) is 0.717. The molecule has 1 heterocycles. The van der Waals surface area contributed by atoms with Gasteiger partial charge >= 0.3 is 12.2 Å². The number of carbonyl (C=O) groups excluding carboxylic acids is 1. The highest BCUT2D eigenvalue weighted by Gasteiger charge is 2.50. The molecule has 1 aliphatic heterocycles. The van der Waals surface area contributed by atoms with Crippen LogP contribution in [0.5, 0.6) is 0 Å². The third-order valence-corrected chi connectivity index (χ3v) is 2.11. The first-order chi connectivity index (χ1) is 6.34. The maximum absolute atomic E-state index is 12.5. The Labute approximate surface area is 78.8 Å². The molecule has 7 heteroatoms. The number of ether oxygens (including phenoxy) is 1. The van der Waals surface area contributed by atoms with Gasteiger partial charge in [0.15, 0.2) is 6.04 Å². The normalized spacial score (nSPS) is 29.0. The Morgan fingerprint density at radius 1 is 1.57 bits per heavy atom. The second-order valence-corrected chi connectivity index (χ2v) is 3.09. The summed E-state index contributed by atoms with van der Waals surface area (Å²) in [6.07, 6.45) is -5.58. The molecule has 0 radical (unpaired) electrons. The van der Waals surface area contributed by atoms with Gasteiger partial charge in [-0.1, -0.05) is 0 Å². The van der Waals surface area contributed by atoms with E-state index in [9.17, 15) is 18.0 Å². The highest BCUT2D eigenvalue weighted by Crippen LogP contribution is 2.30. The lowest BCUT2D eigenvalue weighted by Gasteiger charge is -2.39. The van der Waals surface area contributed by atoms with Crippen LogP contribution in [-0.2, 0) is 4.74 Å². The van der Waals surface area contributed by atoms with Crippen molar-refractivity contribution in [3.63, 3.8) is 0 Å². The molecule has 1 aliphatic rings. The molecule has 1 fully saturated rings. The zero-order chi connectivity index (χ0) is 10.9. The van der Waals surface area contributed by atoms with E-state index in [-0.39, 0.29) is 13.2 Å². The maximum Gasteiger partial charge on any atom is 0.411 e. The number of hydrogen-bond acceptors (Lipinski definition) is 2. The monoisotopic (exact) mass is 212 g/mol. The standard InChI is InChI=1S/C7H11F3N2O2/c1-4-5(7(8,9)10)12(6(11)13)2-3-14-4/h4-5H,2-3H2,1H3,(H2,11,13)/t4-,5-/m1/s1. The second kappa shape index (κ2) is 3.64. The average Bonchev–Trinajstić information content (AvgIpc) is 2.01. The van der Waals surface area contributed by atoms with Gasteiger partial charge in [-0.05, 0) is 6.92 Å². The van der Waals surface area contributed by atoms with Gasteiger partial charge < -0.3 is 15.4 Å². The number of urea groups is 1. The number of amides is 2. The van der Waals surface area contributed by atoms with Crippen LogP contribution < -0.4 is 5.73 Å². The summed E-state index contributed by atoms with van der Waals surface area (Å²) in [6.45, 7) is 1.23. The van der Waals surface area contributed by atoms with Crippen molar-refractivity contribution in [2.45, 2.75) is 25.2 Å². The highest BCUT2D eigenvalue weighted by atomic mass is 19.4. The molecule has 0 aliphatic carbocycles. The smallest absolute Gasteiger partial charge is 0.374 e. The summed E-state index contributed by atoms with van der Waals surface area (Å²) in [6, 6.07) is -3.00. The molecule has 1 rings (SSSR count). The van der Waals surface area contributed by atoms with Crippen molar-refractivity contribution in [3.05, 3.63) is 0 Å². The van der Waals surface area contributed by atoms with Crippen LogP contribution in [0, 0.1) is 0 Å². The third-order valence-electron chi connectivity index (χ3n) is 2.11. The molecular weight excluding hydrogens is 201 g/mol. The second-order valence-electron chi connectivity index (χ2n) is 3.09. The zero-order valence-corrected chi connectivity index (χ0v) is 7.54. The van der Waals surface area contributed by atoms with Crippen LogP contribution in [0.2, 0.25) is 0 Å². The van der Waals surface area contributed by atoms with Crippen molar-refractivity contribution in [2.75, 3.05) is 13.2 Å². The fraction of sp³-hybridized carbons (Fsp3) is 0.857. The van der Waals surface area contributed by atoms with Crippen LogP contribution in [0.3, 0.4) is 0 Å². The Balaban J connectivity index is 2.87. The molecule has 2 atom stereocenters. The highest BCUT2D eigenvalue weighted by molar-refractivity contribution is 5.72. The first kappa shape index (κ1) is 11.1. The number of nitrogens with zero attached hydrogens (tertiary/aromatic N) is 1. The molecule has 4 nitrogen and oxygen atoms in total. The Bertz CT molecular complexity index is 231. The number of morpholine rings is 1. The molecule has 0 unspecified atom stereocenters. The van der Waals surface area contributed by atoms with Gasteiger partial charge in [-0.15, -0.1) is 0 Å². The van der Waals surface area contributed by atoms with Gasteiger partial charge in [0.2, 0.25) is 0 Å². The number of rotatable bonds is 0. The Morgan fingerprint density at radius 3 is 2.50 bits per heavy atom. The van der Waals surface area contributed by atoms with Crippen LogP contribution in [0.4, 0.5) is 18.0 Å². The molecule has 0 saturated carbocycles. The van der Waals surface area contributed by atoms with Crippen molar-refractivity contribution in [1.82, 2.24) is 4.90 Å². The molecule has 0 aromatic rings. The van der Waals surface area contributed by atoms with Crippen molar-refractivity contribution < 1.29 is 22.7 Å². The topological polar surface area (TPSA) is 55.6 Å². The van der Waals surface area contributed by atoms with E-state index < -0.39 is 24.4 Å². The minimum Gasteiger partial charge on any atom is -0.374 e. The largest absolute Gasteiger partial charge is 0.411 e. The fourth-order valence-corrected chi connectivity index (χ4v) is 1.51. The van der Waals surface area contributed by atoms with Gasteiger partial charge in [0.25, 0.3) is 0 Å². The Hall–Kier alpha value is -0.980. The van der Waals surface area contributed by atoms with Gasteiger partial charge in [0, 0.05) is 6.54 Å². The Kier molecular flexibility index (Phi) is 2.89. The van der Waals surface area contributed by atoms with E-state index in [2.05, 4.69) is 0 Å². The summed E-state index contributed by atoms with van der Waals surface area (Å²) < 4.78 is 42.2. The molecular formula is C7H11F3N2O2. The molecule has 2 N–H and O–H groups in total. The summed E-state index contributed by atoms with van der Waals surface area (Å²) in [5.41, 5.74) is 4.85. The zero-order valence-electron chi connectivity index (χ0n) is 7.54. The van der Waals surface area contributed by atoms with Crippen LogP contribution in [0.1, 0.15) is 6.92 Å². The van der Waals surface area contributed by atoms with E-state index in [0.29, 0.717) is 4.90 Å². The van der Waals surface area contributed by atoms with Gasteiger partial charge in [-0.3, -0.25) is 0 Å². The minimum absolute atomic E-state index is 0.0800. The van der Waals surface area contributed by atoms with E-state index in [4.69, 9.17) is 10.5 Å². The van der Waals surface area contributed by atoms with Gasteiger partial charge in [-0.2, -0.15) is 13.2 Å². The molecule has 2 amide bonds. The van der Waals surface area contributed by atoms with E-state index in [0.717, 1.165) is 0 Å². The maximum atomic E-state index is 12.5. The summed E-state index contributed by atoms with van der Waals surface area (Å²) in [4.78, 5) is 11.3. The van der Waals surface area contributed by atoms with E-state index in [1.165, 1.54) is 6.92 Å². The third kappa shape index (κ3) is 2.09. The minimum atomic E-state index is -4.51. The molecule has 14 heavy (non-hydrogen) atoms. The number of halogens is 3. The quantitative estimate of drug-likeness (QED) is 0.643. The summed E-state index contributed by atoms with van der Waals surface area (Å²) in [7, 11) is 0. The lowest BCUT2D eigenvalue weighted by Crippen LogP contribution is -2.60. The van der Waals surface area contributed by atoms with Crippen LogP contribution in [-0.4, -0.2) is 42.4 Å². The average molecular weight is 212 g/mol. The van der Waals surface area contributed by atoms with Crippen LogP contribution in [0.15, 0.2) is 0 Å². The van der Waals surface area contributed by atoms with E-state index >= 15 is 0 Å². The number of nitrogens with two attached hydrogens (primary N) is 1. The summed E-state index contributed by atoms with van der Waals surface area (Å²) in [5, 5.41) is 0. The molecule has 82 valence electrons. The molecule has 0 aromatic heterocycles. The van der Waals surface area contributed by atoms with E-state index in [1.807, 2.05) is 0 Å². The number of primary amides is 1. The van der Waals surface area contributed by atoms with Crippen molar-refractivity contribution >= 4 is 6.03 Å². The Morgan fingerprint density at radius 2 is 2.14 bits per heavy atom. The summed E-state index contributed by atoms with van der Waals surface area (Å²) in [5.74, 6) is 0. The number of carbonyl (C=O) groups is 1. The molecule has 0 bridgehead atoms. The van der Waals surface area contributed by atoms with Crippen molar-refractivity contribution in [1.29, 1.82) is 0 Å². The fourth-order valence-electron chi connectivity index (χ4n) is 1.51. The SMILES string of the molecule is C[C@H]1OCCN(C(N)=O)[C@H]1C(F)(F)F. The van der Waals surface area contributed by atoms with Gasteiger partial charge in [0.1, 0.15) is 0 Å². The van der Waals surface area contributed by atoms with Crippen LogP contribution >= 0.6 is 0 Å². The first-order valence-corrected chi connectivity index (χ1v) is 4.08.